The van der Waals surface area contributed by atoms with E-state index < -0.39 is 0 Å². The predicted octanol–water partition coefficient (Wildman–Crippen LogP) is 7.92. The van der Waals surface area contributed by atoms with Gasteiger partial charge in [0.1, 0.15) is 12.0 Å². The SMILES string of the molecule is C=C(CN(CCC)C(=C)c1cccc(N)c1OC)NC1C=CC(/C=C/c2ccc(N)cc2)=CC1.CCc1c(OC)cccc1C(=O)N(C)CCCC=O. The first-order valence-electron chi connectivity index (χ1n) is 18.1. The Bertz CT molecular complexity index is 1780. The average molecular weight is 720 g/mol. The molecule has 53 heavy (non-hydrogen) atoms. The molecular formula is C44H57N5O4. The number of anilines is 2. The molecule has 0 aromatic heterocycles. The molecule has 5 N–H and O–H groups in total. The zero-order valence-electron chi connectivity index (χ0n) is 32.1. The number of nitrogen functional groups attached to an aromatic ring is 2. The molecule has 0 bridgehead atoms. The number of amides is 1. The molecular weight excluding hydrogens is 663 g/mol. The summed E-state index contributed by atoms with van der Waals surface area (Å²) >= 11 is 0. The monoisotopic (exact) mass is 719 g/mol. The lowest BCUT2D eigenvalue weighted by Crippen LogP contribution is -2.34. The molecule has 1 amide bonds. The second-order valence-corrected chi connectivity index (χ2v) is 12.8. The molecule has 3 aromatic rings. The zero-order valence-corrected chi connectivity index (χ0v) is 32.1. The van der Waals surface area contributed by atoms with Gasteiger partial charge >= 0.3 is 0 Å². The van der Waals surface area contributed by atoms with Gasteiger partial charge in [-0.2, -0.15) is 0 Å². The highest BCUT2D eigenvalue weighted by molar-refractivity contribution is 5.96. The van der Waals surface area contributed by atoms with E-state index >= 15 is 0 Å². The van der Waals surface area contributed by atoms with Gasteiger partial charge in [-0.3, -0.25) is 4.79 Å². The van der Waals surface area contributed by atoms with Crippen molar-refractivity contribution in [1.29, 1.82) is 0 Å². The summed E-state index contributed by atoms with van der Waals surface area (Å²) in [4.78, 5) is 26.5. The summed E-state index contributed by atoms with van der Waals surface area (Å²) in [6, 6.07) is 19.3. The van der Waals surface area contributed by atoms with E-state index in [1.165, 1.54) is 5.57 Å². The number of allylic oxidation sites excluding steroid dienone is 3. The van der Waals surface area contributed by atoms with E-state index in [0.29, 0.717) is 42.9 Å². The van der Waals surface area contributed by atoms with Crippen LogP contribution < -0.4 is 26.3 Å². The molecule has 9 heteroatoms. The minimum absolute atomic E-state index is 0.0263. The predicted molar refractivity (Wildman–Crippen MR) is 221 cm³/mol. The number of aldehydes is 1. The lowest BCUT2D eigenvalue weighted by atomic mass is 10.0. The Morgan fingerprint density at radius 1 is 0.962 bits per heavy atom. The maximum Gasteiger partial charge on any atom is 0.254 e. The topological polar surface area (TPSA) is 123 Å². The van der Waals surface area contributed by atoms with E-state index in [4.69, 9.17) is 20.9 Å². The summed E-state index contributed by atoms with van der Waals surface area (Å²) in [5, 5.41) is 3.55. The standard InChI is InChI=1S/C29H36N4O.C15H21NO3/c1-5-19-33(22(3)27-7-6-8-28(31)29(27)34-4)20-21(2)32-26-17-13-24(14-18-26)10-9-23-11-15-25(30)16-12-23;1-4-12-13(8-7-9-14(12)19-3)15(18)16(2)10-5-6-11-17/h6-17,26,32H,2-3,5,18-20,30-31H2,1,4H3;7-9,11H,4-6,10H2,1-3H3/b10-9+;. The van der Waals surface area contributed by atoms with Gasteiger partial charge in [0.25, 0.3) is 5.91 Å². The first-order valence-corrected chi connectivity index (χ1v) is 18.1. The summed E-state index contributed by atoms with van der Waals surface area (Å²) in [6.45, 7) is 14.9. The minimum Gasteiger partial charge on any atom is -0.496 e. The van der Waals surface area contributed by atoms with Crippen LogP contribution in [0.5, 0.6) is 11.5 Å². The van der Waals surface area contributed by atoms with Crippen molar-refractivity contribution in [1.82, 2.24) is 15.1 Å². The van der Waals surface area contributed by atoms with Gasteiger partial charge in [-0.15, -0.1) is 0 Å². The van der Waals surface area contributed by atoms with Crippen LogP contribution in [0.25, 0.3) is 11.8 Å². The Kier molecular flexibility index (Phi) is 17.0. The maximum atomic E-state index is 12.4. The summed E-state index contributed by atoms with van der Waals surface area (Å²) in [7, 11) is 5.00. The minimum atomic E-state index is -0.0263. The molecule has 1 atom stereocenters. The number of nitrogens with one attached hydrogen (secondary N) is 1. The number of unbranched alkanes of at least 4 members (excludes halogenated alkanes) is 1. The Balaban J connectivity index is 0.000000337. The fraction of sp³-hybridized carbons (Fsp3) is 0.318. The molecule has 0 spiro atoms. The van der Waals surface area contributed by atoms with Gasteiger partial charge < -0.3 is 40.9 Å². The number of para-hydroxylation sites is 1. The number of benzene rings is 3. The number of ether oxygens (including phenoxy) is 2. The number of hydrogen-bond acceptors (Lipinski definition) is 8. The van der Waals surface area contributed by atoms with Crippen LogP contribution in [0, 0.1) is 0 Å². The van der Waals surface area contributed by atoms with Gasteiger partial charge in [0, 0.05) is 66.4 Å². The molecule has 1 aliphatic rings. The van der Waals surface area contributed by atoms with E-state index in [0.717, 1.165) is 71.6 Å². The number of methoxy groups -OCH3 is 2. The molecule has 0 heterocycles. The highest BCUT2D eigenvalue weighted by atomic mass is 16.5. The quantitative estimate of drug-likeness (QED) is 0.0689. The summed E-state index contributed by atoms with van der Waals surface area (Å²) in [5.74, 6) is 1.38. The van der Waals surface area contributed by atoms with Gasteiger partial charge in [-0.25, -0.2) is 0 Å². The molecule has 3 aromatic carbocycles. The molecule has 1 unspecified atom stereocenters. The molecule has 9 nitrogen and oxygen atoms in total. The van der Waals surface area contributed by atoms with Crippen molar-refractivity contribution in [3.8, 4) is 11.5 Å². The van der Waals surface area contributed by atoms with Crippen molar-refractivity contribution >= 4 is 35.3 Å². The molecule has 0 saturated heterocycles. The third-order valence-corrected chi connectivity index (χ3v) is 8.84. The van der Waals surface area contributed by atoms with Crippen LogP contribution in [0.15, 0.2) is 109 Å². The van der Waals surface area contributed by atoms with Crippen molar-refractivity contribution in [3.05, 3.63) is 132 Å². The Morgan fingerprint density at radius 2 is 1.68 bits per heavy atom. The van der Waals surface area contributed by atoms with Crippen molar-refractivity contribution in [2.24, 2.45) is 0 Å². The van der Waals surface area contributed by atoms with Gasteiger partial charge in [0.2, 0.25) is 0 Å². The van der Waals surface area contributed by atoms with E-state index in [2.05, 4.69) is 60.7 Å². The summed E-state index contributed by atoms with van der Waals surface area (Å²) in [5.41, 5.74) is 19.9. The summed E-state index contributed by atoms with van der Waals surface area (Å²) in [6.07, 6.45) is 15.5. The van der Waals surface area contributed by atoms with Crippen molar-refractivity contribution < 1.29 is 19.1 Å². The number of nitrogens with two attached hydrogens (primary N) is 2. The Morgan fingerprint density at radius 3 is 2.30 bits per heavy atom. The summed E-state index contributed by atoms with van der Waals surface area (Å²) < 4.78 is 10.8. The van der Waals surface area contributed by atoms with E-state index in [1.807, 2.05) is 67.6 Å². The molecule has 0 fully saturated rings. The van der Waals surface area contributed by atoms with Crippen molar-refractivity contribution in [2.45, 2.75) is 52.0 Å². The zero-order chi connectivity index (χ0) is 38.8. The largest absolute Gasteiger partial charge is 0.496 e. The van der Waals surface area contributed by atoms with E-state index in [1.54, 1.807) is 26.2 Å². The van der Waals surface area contributed by atoms with Crippen molar-refractivity contribution in [3.63, 3.8) is 0 Å². The fourth-order valence-electron chi connectivity index (χ4n) is 6.01. The number of carbonyl (C=O) groups is 2. The second kappa shape index (κ2) is 21.6. The number of nitrogens with zero attached hydrogens (tertiary/aromatic N) is 2. The normalized spacial score (nSPS) is 13.3. The highest BCUT2D eigenvalue weighted by Crippen LogP contribution is 2.33. The molecule has 1 aliphatic carbocycles. The third kappa shape index (κ3) is 12.5. The Labute approximate surface area is 316 Å². The average Bonchev–Trinajstić information content (AvgIpc) is 3.17. The van der Waals surface area contributed by atoms with Crippen LogP contribution >= 0.6 is 0 Å². The first-order chi connectivity index (χ1) is 25.6. The molecule has 4 rings (SSSR count). The van der Waals surface area contributed by atoms with Crippen molar-refractivity contribution in [2.75, 3.05) is 52.4 Å². The number of rotatable bonds is 18. The van der Waals surface area contributed by atoms with E-state index in [-0.39, 0.29) is 11.9 Å². The van der Waals surface area contributed by atoms with Crippen LogP contribution in [0.4, 0.5) is 11.4 Å². The lowest BCUT2D eigenvalue weighted by molar-refractivity contribution is -0.108. The molecule has 282 valence electrons. The number of hydrogen-bond donors (Lipinski definition) is 3. The first kappa shape index (κ1) is 41.7. The van der Waals surface area contributed by atoms with Gasteiger partial charge in [-0.1, -0.05) is 81.7 Å². The second-order valence-electron chi connectivity index (χ2n) is 12.8. The van der Waals surface area contributed by atoms with E-state index in [9.17, 15) is 9.59 Å². The van der Waals surface area contributed by atoms with Crippen LogP contribution in [-0.2, 0) is 11.2 Å². The third-order valence-electron chi connectivity index (χ3n) is 8.84. The van der Waals surface area contributed by atoms with Crippen LogP contribution in [0.3, 0.4) is 0 Å². The maximum absolute atomic E-state index is 12.4. The Hall–Kier alpha value is -5.70. The molecule has 0 aliphatic heterocycles. The smallest absolute Gasteiger partial charge is 0.254 e. The van der Waals surface area contributed by atoms with Crippen LogP contribution in [0.1, 0.15) is 66.6 Å². The molecule has 0 radical (unpaired) electrons. The van der Waals surface area contributed by atoms with Gasteiger partial charge in [0.05, 0.1) is 26.5 Å². The lowest BCUT2D eigenvalue weighted by Gasteiger charge is -2.30. The highest BCUT2D eigenvalue weighted by Gasteiger charge is 2.19. The van der Waals surface area contributed by atoms with Gasteiger partial charge in [-0.05, 0) is 73.2 Å². The number of carbonyl (C=O) groups excluding carboxylic acids is 2. The molecule has 0 saturated carbocycles. The fourth-order valence-corrected chi connectivity index (χ4v) is 6.01. The van der Waals surface area contributed by atoms with Crippen LogP contribution in [-0.4, -0.2) is 68.9 Å². The van der Waals surface area contributed by atoms with Crippen LogP contribution in [0.2, 0.25) is 0 Å². The van der Waals surface area contributed by atoms with Gasteiger partial charge in [0.15, 0.2) is 5.75 Å².